The minimum Gasteiger partial charge on any atom is -0.367 e. The van der Waals surface area contributed by atoms with Gasteiger partial charge < -0.3 is 11.1 Å². The number of anilines is 2. The maximum Gasteiger partial charge on any atom is 0.233 e. The Morgan fingerprint density at radius 2 is 2.38 bits per heavy atom. The predicted octanol–water partition coefficient (Wildman–Crippen LogP) is 2.31. The molecular weight excluding hydrogens is 242 g/mol. The van der Waals surface area contributed by atoms with E-state index in [0.717, 1.165) is 16.6 Å². The molecule has 5 nitrogen and oxygen atoms in total. The second-order valence-electron chi connectivity index (χ2n) is 3.34. The van der Waals surface area contributed by atoms with Crippen LogP contribution in [-0.2, 0) is 6.42 Å². The molecule has 0 radical (unpaired) electrons. The molecule has 0 aliphatic carbocycles. The first kappa shape index (κ1) is 11.3. The SMILES string of the molecule is CCc1cnc(C(C)Nc2nc(N)ns2)s1. The summed E-state index contributed by atoms with van der Waals surface area (Å²) in [4.78, 5) is 9.72. The lowest BCUT2D eigenvalue weighted by Crippen LogP contribution is -2.05. The molecule has 2 aromatic heterocycles. The molecule has 1 unspecified atom stereocenters. The van der Waals surface area contributed by atoms with Crippen molar-refractivity contribution in [2.75, 3.05) is 11.1 Å². The third-order valence-electron chi connectivity index (χ3n) is 2.07. The largest absolute Gasteiger partial charge is 0.367 e. The highest BCUT2D eigenvalue weighted by molar-refractivity contribution is 7.11. The van der Waals surface area contributed by atoms with Gasteiger partial charge in [-0.3, -0.25) is 0 Å². The van der Waals surface area contributed by atoms with Crippen molar-refractivity contribution >= 4 is 33.9 Å². The van der Waals surface area contributed by atoms with Gasteiger partial charge >= 0.3 is 0 Å². The molecule has 16 heavy (non-hydrogen) atoms. The molecule has 7 heteroatoms. The Labute approximate surface area is 102 Å². The summed E-state index contributed by atoms with van der Waals surface area (Å²) in [5.41, 5.74) is 5.45. The number of aryl methyl sites for hydroxylation is 1. The second kappa shape index (κ2) is 4.75. The van der Waals surface area contributed by atoms with E-state index in [1.807, 2.05) is 6.20 Å². The average Bonchev–Trinajstić information content (AvgIpc) is 2.87. The topological polar surface area (TPSA) is 76.7 Å². The van der Waals surface area contributed by atoms with Crippen molar-refractivity contribution in [1.82, 2.24) is 14.3 Å². The van der Waals surface area contributed by atoms with Crippen molar-refractivity contribution < 1.29 is 0 Å². The first-order valence-corrected chi connectivity index (χ1v) is 6.58. The van der Waals surface area contributed by atoms with E-state index in [9.17, 15) is 0 Å². The van der Waals surface area contributed by atoms with E-state index in [1.165, 1.54) is 16.4 Å². The average molecular weight is 255 g/mol. The molecule has 0 bridgehead atoms. The van der Waals surface area contributed by atoms with E-state index < -0.39 is 0 Å². The predicted molar refractivity (Wildman–Crippen MR) is 67.9 cm³/mol. The maximum atomic E-state index is 5.45. The summed E-state index contributed by atoms with van der Waals surface area (Å²) in [5, 5.41) is 5.02. The van der Waals surface area contributed by atoms with Crippen LogP contribution in [0.5, 0.6) is 0 Å². The first-order chi connectivity index (χ1) is 7.69. The first-order valence-electron chi connectivity index (χ1n) is 4.99. The van der Waals surface area contributed by atoms with Crippen LogP contribution in [0.4, 0.5) is 11.1 Å². The van der Waals surface area contributed by atoms with Crippen LogP contribution in [-0.4, -0.2) is 14.3 Å². The summed E-state index contributed by atoms with van der Waals surface area (Å²) in [5.74, 6) is 0.313. The zero-order valence-corrected chi connectivity index (χ0v) is 10.7. The van der Waals surface area contributed by atoms with Gasteiger partial charge in [-0.2, -0.15) is 9.36 Å². The minimum absolute atomic E-state index is 0.137. The van der Waals surface area contributed by atoms with Crippen LogP contribution in [0.15, 0.2) is 6.20 Å². The molecule has 0 fully saturated rings. The standard InChI is InChI=1S/C9H13N5S2/c1-3-6-4-11-7(15-6)5(2)12-9-13-8(10)14-16-9/h4-5H,3H2,1-2H3,(H3,10,12,13,14). The normalized spacial score (nSPS) is 12.6. The van der Waals surface area contributed by atoms with Gasteiger partial charge in [-0.15, -0.1) is 11.3 Å². The van der Waals surface area contributed by atoms with Crippen molar-refractivity contribution in [1.29, 1.82) is 0 Å². The maximum absolute atomic E-state index is 5.45. The minimum atomic E-state index is 0.137. The Balaban J connectivity index is 2.05. The fourth-order valence-electron chi connectivity index (χ4n) is 1.23. The number of thiazole rings is 1. The Morgan fingerprint density at radius 1 is 1.56 bits per heavy atom. The van der Waals surface area contributed by atoms with Crippen LogP contribution in [0.2, 0.25) is 0 Å². The van der Waals surface area contributed by atoms with E-state index >= 15 is 0 Å². The highest BCUT2D eigenvalue weighted by Crippen LogP contribution is 2.24. The number of nitrogens with zero attached hydrogens (tertiary/aromatic N) is 3. The van der Waals surface area contributed by atoms with Crippen molar-refractivity contribution in [2.45, 2.75) is 26.3 Å². The Bertz CT molecular complexity index is 464. The van der Waals surface area contributed by atoms with Gasteiger partial charge in [0.15, 0.2) is 0 Å². The summed E-state index contributed by atoms with van der Waals surface area (Å²) < 4.78 is 3.91. The molecule has 2 heterocycles. The van der Waals surface area contributed by atoms with E-state index in [4.69, 9.17) is 5.73 Å². The smallest absolute Gasteiger partial charge is 0.233 e. The zero-order chi connectivity index (χ0) is 11.5. The van der Waals surface area contributed by atoms with Gasteiger partial charge in [0.2, 0.25) is 11.1 Å². The molecule has 3 N–H and O–H groups in total. The van der Waals surface area contributed by atoms with Gasteiger partial charge in [-0.1, -0.05) is 6.92 Å². The van der Waals surface area contributed by atoms with Gasteiger partial charge in [-0.25, -0.2) is 4.98 Å². The molecule has 0 amide bonds. The molecule has 1 atom stereocenters. The second-order valence-corrected chi connectivity index (χ2v) is 5.24. The third-order valence-corrected chi connectivity index (χ3v) is 4.06. The molecule has 0 saturated carbocycles. The lowest BCUT2D eigenvalue weighted by molar-refractivity contribution is 0.867. The van der Waals surface area contributed by atoms with Crippen molar-refractivity contribution in [3.05, 3.63) is 16.1 Å². The van der Waals surface area contributed by atoms with Gasteiger partial charge in [0, 0.05) is 22.6 Å². The van der Waals surface area contributed by atoms with Gasteiger partial charge in [0.1, 0.15) is 5.01 Å². The number of rotatable bonds is 4. The number of nitrogen functional groups attached to an aromatic ring is 1. The van der Waals surface area contributed by atoms with E-state index in [-0.39, 0.29) is 6.04 Å². The van der Waals surface area contributed by atoms with Crippen molar-refractivity contribution in [2.24, 2.45) is 0 Å². The zero-order valence-electron chi connectivity index (χ0n) is 9.10. The monoisotopic (exact) mass is 255 g/mol. The molecule has 0 saturated heterocycles. The molecule has 2 aromatic rings. The number of hydrogen-bond acceptors (Lipinski definition) is 7. The van der Waals surface area contributed by atoms with E-state index in [2.05, 4.69) is 33.5 Å². The molecule has 0 spiro atoms. The van der Waals surface area contributed by atoms with Crippen molar-refractivity contribution in [3.63, 3.8) is 0 Å². The number of hydrogen-bond donors (Lipinski definition) is 2. The number of nitrogens with two attached hydrogens (primary N) is 1. The van der Waals surface area contributed by atoms with Crippen LogP contribution < -0.4 is 11.1 Å². The Hall–Kier alpha value is -1.21. The third kappa shape index (κ3) is 2.48. The lowest BCUT2D eigenvalue weighted by atomic mass is 10.4. The molecule has 86 valence electrons. The highest BCUT2D eigenvalue weighted by Gasteiger charge is 2.11. The molecule has 0 aliphatic rings. The fraction of sp³-hybridized carbons (Fsp3) is 0.444. The summed E-state index contributed by atoms with van der Waals surface area (Å²) >= 11 is 2.98. The van der Waals surface area contributed by atoms with Crippen LogP contribution in [0.3, 0.4) is 0 Å². The van der Waals surface area contributed by atoms with Gasteiger partial charge in [0.05, 0.1) is 6.04 Å². The number of nitrogens with one attached hydrogen (secondary N) is 1. The summed E-state index contributed by atoms with van der Waals surface area (Å²) in [7, 11) is 0. The molecule has 0 aromatic carbocycles. The van der Waals surface area contributed by atoms with Crippen LogP contribution in [0, 0.1) is 0 Å². The fourth-order valence-corrected chi connectivity index (χ4v) is 2.67. The quantitative estimate of drug-likeness (QED) is 0.876. The van der Waals surface area contributed by atoms with E-state index in [1.54, 1.807) is 11.3 Å². The lowest BCUT2D eigenvalue weighted by Gasteiger charge is -2.08. The highest BCUT2D eigenvalue weighted by atomic mass is 32.1. The van der Waals surface area contributed by atoms with Gasteiger partial charge in [-0.05, 0) is 13.3 Å². The molecular formula is C9H13N5S2. The molecule has 2 rings (SSSR count). The van der Waals surface area contributed by atoms with Crippen LogP contribution in [0.25, 0.3) is 0 Å². The van der Waals surface area contributed by atoms with Crippen molar-refractivity contribution in [3.8, 4) is 0 Å². The number of aromatic nitrogens is 3. The van der Waals surface area contributed by atoms with E-state index in [0.29, 0.717) is 5.95 Å². The van der Waals surface area contributed by atoms with Crippen LogP contribution in [0.1, 0.15) is 29.8 Å². The molecule has 0 aliphatic heterocycles. The Kier molecular flexibility index (Phi) is 3.35. The van der Waals surface area contributed by atoms with Crippen LogP contribution >= 0.6 is 22.9 Å². The Morgan fingerprint density at radius 3 is 2.94 bits per heavy atom. The van der Waals surface area contributed by atoms with Gasteiger partial charge in [0.25, 0.3) is 0 Å². The summed E-state index contributed by atoms with van der Waals surface area (Å²) in [6.45, 7) is 4.18. The summed E-state index contributed by atoms with van der Waals surface area (Å²) in [6, 6.07) is 0.137. The summed E-state index contributed by atoms with van der Waals surface area (Å²) in [6.07, 6.45) is 2.95.